The van der Waals surface area contributed by atoms with Crippen LogP contribution in [0.1, 0.15) is 11.1 Å². The topological polar surface area (TPSA) is 35.2 Å². The van der Waals surface area contributed by atoms with Gasteiger partial charge in [-0.1, -0.05) is 29.8 Å². The van der Waals surface area contributed by atoms with Crippen LogP contribution in [0.25, 0.3) is 0 Å². The lowest BCUT2D eigenvalue weighted by atomic mass is 10.1. The van der Waals surface area contributed by atoms with Crippen molar-refractivity contribution in [1.29, 1.82) is 0 Å². The average molecular weight is 259 g/mol. The normalized spacial score (nSPS) is 10.4. The second kappa shape index (κ2) is 5.94. The maximum absolute atomic E-state index is 5.98. The van der Waals surface area contributed by atoms with Crippen molar-refractivity contribution in [3.63, 3.8) is 0 Å². The molecule has 2 aromatic rings. The van der Waals surface area contributed by atoms with Crippen LogP contribution in [0, 0.1) is 6.92 Å². The zero-order valence-corrected chi connectivity index (χ0v) is 11.5. The summed E-state index contributed by atoms with van der Waals surface area (Å²) in [5.41, 5.74) is 7.99. The van der Waals surface area contributed by atoms with Crippen LogP contribution in [0.15, 0.2) is 47.4 Å². The summed E-state index contributed by atoms with van der Waals surface area (Å²) >= 11 is 1.68. The van der Waals surface area contributed by atoms with Gasteiger partial charge in [-0.2, -0.15) is 0 Å². The fraction of sp³-hybridized carbons (Fsp3) is 0.200. The summed E-state index contributed by atoms with van der Waals surface area (Å²) in [6, 6.07) is 14.1. The van der Waals surface area contributed by atoms with Gasteiger partial charge in [-0.15, -0.1) is 11.8 Å². The molecule has 0 aliphatic heterocycles. The van der Waals surface area contributed by atoms with E-state index in [1.165, 1.54) is 5.56 Å². The first kappa shape index (κ1) is 13.0. The molecule has 0 bridgehead atoms. The minimum Gasteiger partial charge on any atom is -0.456 e. The Bertz CT molecular complexity index is 540. The zero-order valence-electron chi connectivity index (χ0n) is 10.6. The third kappa shape index (κ3) is 2.86. The van der Waals surface area contributed by atoms with Crippen molar-refractivity contribution in [3.8, 4) is 11.5 Å². The lowest BCUT2D eigenvalue weighted by Gasteiger charge is -2.13. The highest BCUT2D eigenvalue weighted by atomic mass is 32.2. The van der Waals surface area contributed by atoms with Gasteiger partial charge < -0.3 is 10.5 Å². The van der Waals surface area contributed by atoms with Crippen LogP contribution < -0.4 is 10.5 Å². The number of ether oxygens (including phenoxy) is 1. The van der Waals surface area contributed by atoms with Gasteiger partial charge in [0.15, 0.2) is 0 Å². The average Bonchev–Trinajstić information content (AvgIpc) is 2.41. The molecule has 2 rings (SSSR count). The molecule has 0 fully saturated rings. The summed E-state index contributed by atoms with van der Waals surface area (Å²) in [5.74, 6) is 1.72. The van der Waals surface area contributed by atoms with E-state index in [9.17, 15) is 0 Å². The van der Waals surface area contributed by atoms with Gasteiger partial charge in [0.05, 0.1) is 0 Å². The van der Waals surface area contributed by atoms with Crippen molar-refractivity contribution < 1.29 is 4.74 Å². The molecule has 0 aromatic heterocycles. The van der Waals surface area contributed by atoms with E-state index in [-0.39, 0.29) is 0 Å². The van der Waals surface area contributed by atoms with Gasteiger partial charge in [0.25, 0.3) is 0 Å². The molecule has 0 atom stereocenters. The van der Waals surface area contributed by atoms with Crippen LogP contribution in [0.5, 0.6) is 11.5 Å². The van der Waals surface area contributed by atoms with Crippen molar-refractivity contribution in [2.24, 2.45) is 5.73 Å². The summed E-state index contributed by atoms with van der Waals surface area (Å²) in [6.07, 6.45) is 2.04. The minimum absolute atomic E-state index is 0.485. The Morgan fingerprint density at radius 2 is 1.89 bits per heavy atom. The van der Waals surface area contributed by atoms with Crippen LogP contribution in [-0.2, 0) is 6.54 Å². The molecule has 0 radical (unpaired) electrons. The number of aryl methyl sites for hydroxylation is 1. The standard InChI is InChI=1S/C15H17NOS/c1-11-7-8-13(12(9-11)10-16)17-14-5-3-4-6-15(14)18-2/h3-9H,10,16H2,1-2H3. The molecule has 0 heterocycles. The SMILES string of the molecule is CSc1ccccc1Oc1ccc(C)cc1CN. The Labute approximate surface area is 112 Å². The Balaban J connectivity index is 2.33. The second-order valence-corrected chi connectivity index (χ2v) is 4.92. The Morgan fingerprint density at radius 3 is 2.61 bits per heavy atom. The lowest BCUT2D eigenvalue weighted by Crippen LogP contribution is -2.00. The molecule has 94 valence electrons. The number of para-hydroxylation sites is 1. The van der Waals surface area contributed by atoms with Crippen LogP contribution in [0.2, 0.25) is 0 Å². The maximum atomic E-state index is 5.98. The lowest BCUT2D eigenvalue weighted by molar-refractivity contribution is 0.465. The van der Waals surface area contributed by atoms with Gasteiger partial charge in [0, 0.05) is 17.0 Å². The molecule has 3 heteroatoms. The monoisotopic (exact) mass is 259 g/mol. The quantitative estimate of drug-likeness (QED) is 0.844. The van der Waals surface area contributed by atoms with E-state index in [4.69, 9.17) is 10.5 Å². The predicted molar refractivity (Wildman–Crippen MR) is 77.4 cm³/mol. The molecule has 0 amide bonds. The molecule has 0 unspecified atom stereocenters. The Kier molecular flexibility index (Phi) is 4.28. The zero-order chi connectivity index (χ0) is 13.0. The second-order valence-electron chi connectivity index (χ2n) is 4.07. The van der Waals surface area contributed by atoms with E-state index in [0.717, 1.165) is 22.0 Å². The van der Waals surface area contributed by atoms with Crippen molar-refractivity contribution in [1.82, 2.24) is 0 Å². The van der Waals surface area contributed by atoms with E-state index >= 15 is 0 Å². The van der Waals surface area contributed by atoms with Gasteiger partial charge in [-0.05, 0) is 31.4 Å². The molecule has 2 nitrogen and oxygen atoms in total. The highest BCUT2D eigenvalue weighted by Gasteiger charge is 2.07. The first-order valence-corrected chi connectivity index (χ1v) is 7.07. The largest absolute Gasteiger partial charge is 0.456 e. The first-order valence-electron chi connectivity index (χ1n) is 5.85. The molecular formula is C15H17NOS. The van der Waals surface area contributed by atoms with E-state index in [0.29, 0.717) is 6.54 Å². The molecule has 0 spiro atoms. The molecule has 18 heavy (non-hydrogen) atoms. The number of benzene rings is 2. The third-order valence-corrected chi connectivity index (χ3v) is 3.50. The summed E-state index contributed by atoms with van der Waals surface area (Å²) < 4.78 is 5.98. The summed E-state index contributed by atoms with van der Waals surface area (Å²) in [7, 11) is 0. The number of hydrogen-bond acceptors (Lipinski definition) is 3. The summed E-state index contributed by atoms with van der Waals surface area (Å²) in [6.45, 7) is 2.54. The molecule has 2 aromatic carbocycles. The molecule has 0 aliphatic carbocycles. The Hall–Kier alpha value is -1.45. The number of nitrogens with two attached hydrogens (primary N) is 1. The molecule has 2 N–H and O–H groups in total. The van der Waals surface area contributed by atoms with E-state index in [2.05, 4.69) is 19.1 Å². The fourth-order valence-electron chi connectivity index (χ4n) is 1.79. The molecule has 0 saturated carbocycles. The van der Waals surface area contributed by atoms with Crippen molar-refractivity contribution in [2.45, 2.75) is 18.4 Å². The maximum Gasteiger partial charge on any atom is 0.140 e. The van der Waals surface area contributed by atoms with Crippen LogP contribution in [-0.4, -0.2) is 6.26 Å². The van der Waals surface area contributed by atoms with Crippen molar-refractivity contribution >= 4 is 11.8 Å². The van der Waals surface area contributed by atoms with E-state index < -0.39 is 0 Å². The fourth-order valence-corrected chi connectivity index (χ4v) is 2.31. The molecular weight excluding hydrogens is 242 g/mol. The predicted octanol–water partition coefficient (Wildman–Crippen LogP) is 3.97. The summed E-state index contributed by atoms with van der Waals surface area (Å²) in [4.78, 5) is 1.13. The Morgan fingerprint density at radius 1 is 1.11 bits per heavy atom. The van der Waals surface area contributed by atoms with Crippen LogP contribution in [0.4, 0.5) is 0 Å². The minimum atomic E-state index is 0.485. The third-order valence-electron chi connectivity index (χ3n) is 2.72. The molecule has 0 saturated heterocycles. The van der Waals surface area contributed by atoms with E-state index in [1.807, 2.05) is 36.6 Å². The van der Waals surface area contributed by atoms with Gasteiger partial charge in [-0.3, -0.25) is 0 Å². The van der Waals surface area contributed by atoms with Gasteiger partial charge in [-0.25, -0.2) is 0 Å². The first-order chi connectivity index (χ1) is 8.74. The summed E-state index contributed by atoms with van der Waals surface area (Å²) in [5, 5.41) is 0. The van der Waals surface area contributed by atoms with Crippen LogP contribution in [0.3, 0.4) is 0 Å². The highest BCUT2D eigenvalue weighted by molar-refractivity contribution is 7.98. The van der Waals surface area contributed by atoms with Crippen molar-refractivity contribution in [3.05, 3.63) is 53.6 Å². The van der Waals surface area contributed by atoms with Gasteiger partial charge in [0.1, 0.15) is 11.5 Å². The van der Waals surface area contributed by atoms with Crippen molar-refractivity contribution in [2.75, 3.05) is 6.26 Å². The van der Waals surface area contributed by atoms with Gasteiger partial charge in [0.2, 0.25) is 0 Å². The molecule has 0 aliphatic rings. The highest BCUT2D eigenvalue weighted by Crippen LogP contribution is 2.32. The number of rotatable bonds is 4. The van der Waals surface area contributed by atoms with Gasteiger partial charge >= 0.3 is 0 Å². The number of hydrogen-bond donors (Lipinski definition) is 1. The van der Waals surface area contributed by atoms with Crippen LogP contribution >= 0.6 is 11.8 Å². The smallest absolute Gasteiger partial charge is 0.140 e. The van der Waals surface area contributed by atoms with E-state index in [1.54, 1.807) is 11.8 Å². The number of thioether (sulfide) groups is 1.